The van der Waals surface area contributed by atoms with Gasteiger partial charge in [0.25, 0.3) is 0 Å². The molecule has 0 unspecified atom stereocenters. The summed E-state index contributed by atoms with van der Waals surface area (Å²) >= 11 is 0. The summed E-state index contributed by atoms with van der Waals surface area (Å²) in [6.07, 6.45) is 3.63. The summed E-state index contributed by atoms with van der Waals surface area (Å²) in [5.74, 6) is -0.580. The van der Waals surface area contributed by atoms with Crippen LogP contribution in [0.25, 0.3) is 0 Å². The Balaban J connectivity index is 2.74. The molecule has 0 aromatic rings. The summed E-state index contributed by atoms with van der Waals surface area (Å²) in [6, 6.07) is 0. The average molecular weight is 242 g/mol. The van der Waals surface area contributed by atoms with Gasteiger partial charge in [0.1, 0.15) is 5.54 Å². The fourth-order valence-electron chi connectivity index (χ4n) is 2.30. The van der Waals surface area contributed by atoms with E-state index in [1.165, 1.54) is 7.11 Å². The largest absolute Gasteiger partial charge is 0.467 e. The van der Waals surface area contributed by atoms with E-state index in [1.54, 1.807) is 13.8 Å². The molecular weight excluding hydrogens is 220 g/mol. The van der Waals surface area contributed by atoms with Gasteiger partial charge in [-0.2, -0.15) is 0 Å². The van der Waals surface area contributed by atoms with Gasteiger partial charge in [-0.05, 0) is 26.7 Å². The predicted octanol–water partition coefficient (Wildman–Crippen LogP) is 0.573. The van der Waals surface area contributed by atoms with Crippen LogP contribution in [0.2, 0.25) is 0 Å². The van der Waals surface area contributed by atoms with Crippen molar-refractivity contribution in [2.45, 2.75) is 45.1 Å². The van der Waals surface area contributed by atoms with Crippen LogP contribution in [0.15, 0.2) is 0 Å². The third-order valence-corrected chi connectivity index (χ3v) is 3.55. The highest BCUT2D eigenvalue weighted by molar-refractivity contribution is 5.90. The van der Waals surface area contributed by atoms with Gasteiger partial charge in [0.15, 0.2) is 0 Å². The van der Waals surface area contributed by atoms with Crippen molar-refractivity contribution < 1.29 is 14.3 Å². The van der Waals surface area contributed by atoms with Crippen LogP contribution < -0.4 is 11.1 Å². The van der Waals surface area contributed by atoms with Gasteiger partial charge < -0.3 is 15.8 Å². The average Bonchev–Trinajstić information content (AvgIpc) is 2.77. The smallest absolute Gasteiger partial charge is 0.330 e. The molecule has 1 rings (SSSR count). The fraction of sp³-hybridized carbons (Fsp3) is 0.833. The van der Waals surface area contributed by atoms with Crippen LogP contribution in [0.4, 0.5) is 0 Å². The van der Waals surface area contributed by atoms with E-state index < -0.39 is 16.9 Å². The van der Waals surface area contributed by atoms with E-state index >= 15 is 0 Å². The maximum Gasteiger partial charge on any atom is 0.330 e. The van der Waals surface area contributed by atoms with E-state index in [9.17, 15) is 9.59 Å². The summed E-state index contributed by atoms with van der Waals surface area (Å²) in [5.41, 5.74) is 4.22. The Kier molecular flexibility index (Phi) is 4.14. The Hall–Kier alpha value is -1.10. The molecule has 0 radical (unpaired) electrons. The van der Waals surface area contributed by atoms with Gasteiger partial charge in [0.2, 0.25) is 5.91 Å². The third kappa shape index (κ3) is 2.77. The van der Waals surface area contributed by atoms with Crippen molar-refractivity contribution in [3.8, 4) is 0 Å². The van der Waals surface area contributed by atoms with Gasteiger partial charge in [0.05, 0.1) is 12.5 Å². The van der Waals surface area contributed by atoms with E-state index in [1.807, 2.05) is 0 Å². The Morgan fingerprint density at radius 3 is 2.29 bits per heavy atom. The minimum atomic E-state index is -1.00. The molecule has 0 bridgehead atoms. The number of nitrogens with one attached hydrogen (secondary N) is 1. The van der Waals surface area contributed by atoms with E-state index in [0.717, 1.165) is 25.7 Å². The Labute approximate surface area is 102 Å². The number of carbonyl (C=O) groups excluding carboxylic acids is 2. The molecule has 0 aliphatic heterocycles. The van der Waals surface area contributed by atoms with Crippen molar-refractivity contribution in [3.63, 3.8) is 0 Å². The standard InChI is InChI=1S/C12H22N2O3/c1-11(2,10(16)17-3)14-9(15)12(8-13)6-4-5-7-12/h4-8,13H2,1-3H3,(H,14,15). The fourth-order valence-corrected chi connectivity index (χ4v) is 2.30. The second-order valence-corrected chi connectivity index (χ2v) is 5.26. The first-order chi connectivity index (χ1) is 7.88. The van der Waals surface area contributed by atoms with Gasteiger partial charge in [0, 0.05) is 6.54 Å². The van der Waals surface area contributed by atoms with Crippen molar-refractivity contribution in [1.82, 2.24) is 5.32 Å². The summed E-state index contributed by atoms with van der Waals surface area (Å²) < 4.78 is 4.66. The maximum absolute atomic E-state index is 12.2. The van der Waals surface area contributed by atoms with Crippen LogP contribution in [0.3, 0.4) is 0 Å². The molecular formula is C12H22N2O3. The first-order valence-electron chi connectivity index (χ1n) is 5.99. The molecule has 0 saturated heterocycles. The van der Waals surface area contributed by atoms with Gasteiger partial charge in [-0.3, -0.25) is 4.79 Å². The lowest BCUT2D eigenvalue weighted by Crippen LogP contribution is -2.56. The second kappa shape index (κ2) is 5.04. The molecule has 1 fully saturated rings. The van der Waals surface area contributed by atoms with Crippen molar-refractivity contribution >= 4 is 11.9 Å². The van der Waals surface area contributed by atoms with Gasteiger partial charge >= 0.3 is 5.97 Å². The Bertz CT molecular complexity index is 307. The molecule has 0 spiro atoms. The summed E-state index contributed by atoms with van der Waals surface area (Å²) in [4.78, 5) is 23.7. The summed E-state index contributed by atoms with van der Waals surface area (Å²) in [6.45, 7) is 3.60. The molecule has 1 saturated carbocycles. The van der Waals surface area contributed by atoms with Crippen LogP contribution in [-0.4, -0.2) is 31.1 Å². The third-order valence-electron chi connectivity index (χ3n) is 3.55. The topological polar surface area (TPSA) is 81.4 Å². The lowest BCUT2D eigenvalue weighted by Gasteiger charge is -2.31. The van der Waals surface area contributed by atoms with Gasteiger partial charge in [-0.25, -0.2) is 4.79 Å². The highest BCUT2D eigenvalue weighted by Crippen LogP contribution is 2.37. The van der Waals surface area contributed by atoms with Crippen molar-refractivity contribution in [2.75, 3.05) is 13.7 Å². The molecule has 0 atom stereocenters. The number of hydrogen-bond donors (Lipinski definition) is 2. The van der Waals surface area contributed by atoms with Gasteiger partial charge in [-0.1, -0.05) is 12.8 Å². The number of hydrogen-bond acceptors (Lipinski definition) is 4. The zero-order valence-electron chi connectivity index (χ0n) is 10.8. The van der Waals surface area contributed by atoms with Crippen molar-refractivity contribution in [1.29, 1.82) is 0 Å². The van der Waals surface area contributed by atoms with Crippen molar-refractivity contribution in [3.05, 3.63) is 0 Å². The Morgan fingerprint density at radius 1 is 1.35 bits per heavy atom. The minimum Gasteiger partial charge on any atom is -0.467 e. The molecule has 3 N–H and O–H groups in total. The molecule has 1 aliphatic carbocycles. The van der Waals surface area contributed by atoms with E-state index in [2.05, 4.69) is 10.1 Å². The SMILES string of the molecule is COC(=O)C(C)(C)NC(=O)C1(CN)CCCC1. The number of esters is 1. The molecule has 1 amide bonds. The maximum atomic E-state index is 12.2. The highest BCUT2D eigenvalue weighted by Gasteiger charge is 2.43. The first kappa shape index (κ1) is 14.0. The normalized spacial score (nSPS) is 18.8. The van der Waals surface area contributed by atoms with E-state index in [-0.39, 0.29) is 5.91 Å². The number of nitrogens with two attached hydrogens (primary N) is 1. The molecule has 17 heavy (non-hydrogen) atoms. The van der Waals surface area contributed by atoms with Crippen LogP contribution >= 0.6 is 0 Å². The second-order valence-electron chi connectivity index (χ2n) is 5.26. The van der Waals surface area contributed by atoms with Crippen LogP contribution in [0, 0.1) is 5.41 Å². The lowest BCUT2D eigenvalue weighted by atomic mass is 9.84. The number of amides is 1. The minimum absolute atomic E-state index is 0.132. The summed E-state index contributed by atoms with van der Waals surface area (Å²) in [5, 5.41) is 2.75. The summed E-state index contributed by atoms with van der Waals surface area (Å²) in [7, 11) is 1.31. The molecule has 5 heteroatoms. The number of rotatable bonds is 4. The van der Waals surface area contributed by atoms with Crippen molar-refractivity contribution in [2.24, 2.45) is 11.1 Å². The Morgan fingerprint density at radius 2 is 1.88 bits per heavy atom. The molecule has 0 aromatic heterocycles. The first-order valence-corrected chi connectivity index (χ1v) is 5.99. The molecule has 98 valence electrons. The monoisotopic (exact) mass is 242 g/mol. The van der Waals surface area contributed by atoms with E-state index in [4.69, 9.17) is 5.73 Å². The predicted molar refractivity (Wildman–Crippen MR) is 64.2 cm³/mol. The van der Waals surface area contributed by atoms with E-state index in [0.29, 0.717) is 6.54 Å². The van der Waals surface area contributed by atoms with Crippen LogP contribution in [0.5, 0.6) is 0 Å². The van der Waals surface area contributed by atoms with Gasteiger partial charge in [-0.15, -0.1) is 0 Å². The molecule has 0 aromatic carbocycles. The molecule has 0 heterocycles. The quantitative estimate of drug-likeness (QED) is 0.706. The van der Waals surface area contributed by atoms with Crippen LogP contribution in [-0.2, 0) is 14.3 Å². The molecule has 1 aliphatic rings. The molecule has 5 nitrogen and oxygen atoms in total. The lowest BCUT2D eigenvalue weighted by molar-refractivity contribution is -0.150. The highest BCUT2D eigenvalue weighted by atomic mass is 16.5. The zero-order valence-corrected chi connectivity index (χ0v) is 10.8. The number of methoxy groups -OCH3 is 1. The zero-order chi connectivity index (χ0) is 13.1. The number of ether oxygens (including phenoxy) is 1. The number of carbonyl (C=O) groups is 2. The van der Waals surface area contributed by atoms with Crippen LogP contribution in [0.1, 0.15) is 39.5 Å².